The van der Waals surface area contributed by atoms with E-state index in [0.717, 1.165) is 50.8 Å². The zero-order valence-electron chi connectivity index (χ0n) is 16.9. The maximum Gasteiger partial charge on any atom is 0.145 e. The second-order valence-corrected chi connectivity index (χ2v) is 13.5. The lowest BCUT2D eigenvalue weighted by Gasteiger charge is -2.32. The summed E-state index contributed by atoms with van der Waals surface area (Å²) in [6, 6.07) is 0. The number of hydrogen-bond donors (Lipinski definition) is 0. The molecule has 0 saturated heterocycles. The molecule has 0 aliphatic heterocycles. The Morgan fingerprint density at radius 2 is 0.960 bits per heavy atom. The summed E-state index contributed by atoms with van der Waals surface area (Å²) < 4.78 is 23.8. The Morgan fingerprint density at radius 3 is 1.20 bits per heavy atom. The first kappa shape index (κ1) is 26.3. The van der Waals surface area contributed by atoms with Gasteiger partial charge in [-0.1, -0.05) is 34.7 Å². The van der Waals surface area contributed by atoms with E-state index in [-0.39, 0.29) is 29.9 Å². The summed E-state index contributed by atoms with van der Waals surface area (Å²) in [5.74, 6) is 2.12. The third-order valence-corrected chi connectivity index (χ3v) is 11.9. The van der Waals surface area contributed by atoms with Gasteiger partial charge in [-0.2, -0.15) is 0 Å². The molecule has 0 heterocycles. The highest BCUT2D eigenvalue weighted by Gasteiger charge is 2.30. The van der Waals surface area contributed by atoms with Gasteiger partial charge in [0.1, 0.15) is 10.8 Å². The van der Waals surface area contributed by atoms with Gasteiger partial charge < -0.3 is 18.9 Å². The monoisotopic (exact) mass is 446 g/mol. The quantitative estimate of drug-likeness (QED) is 0.138. The van der Waals surface area contributed by atoms with Crippen LogP contribution in [0.5, 0.6) is 0 Å². The van der Waals surface area contributed by atoms with Crippen molar-refractivity contribution in [3.63, 3.8) is 0 Å². The molecule has 0 aromatic rings. The van der Waals surface area contributed by atoms with Crippen molar-refractivity contribution in [3.05, 3.63) is 0 Å². The van der Waals surface area contributed by atoms with Crippen molar-refractivity contribution in [3.8, 4) is 0 Å². The third-order valence-electron chi connectivity index (χ3n) is 3.94. The van der Waals surface area contributed by atoms with Crippen LogP contribution < -0.4 is 0 Å². The Bertz CT molecular complexity index is 275. The van der Waals surface area contributed by atoms with Crippen LogP contribution >= 0.6 is 31.4 Å². The van der Waals surface area contributed by atoms with Gasteiger partial charge in [0.2, 0.25) is 0 Å². The fraction of sp³-hybridized carbons (Fsp3) is 1.00. The van der Waals surface area contributed by atoms with Crippen LogP contribution in [0.3, 0.4) is 0 Å². The molecule has 0 aromatic heterocycles. The van der Waals surface area contributed by atoms with E-state index in [2.05, 4.69) is 40.8 Å². The molecule has 0 amide bonds. The van der Waals surface area contributed by atoms with Gasteiger partial charge in [-0.25, -0.2) is 0 Å². The molecule has 9 heteroatoms. The van der Waals surface area contributed by atoms with Gasteiger partial charge in [-0.3, -0.25) is 0 Å². The summed E-state index contributed by atoms with van der Waals surface area (Å²) >= 11 is 0. The van der Waals surface area contributed by atoms with E-state index in [1.165, 1.54) is 0 Å². The molecule has 0 unspecified atom stereocenters. The normalized spacial score (nSPS) is 13.7. The first-order chi connectivity index (χ1) is 12.1. The smallest absolute Gasteiger partial charge is 0.145 e. The Labute approximate surface area is 171 Å². The molecule has 0 aromatic carbocycles. The fourth-order valence-corrected chi connectivity index (χ4v) is 9.83. The largest absolute Gasteiger partial charge is 0.355 e. The van der Waals surface area contributed by atoms with Crippen LogP contribution in [0, 0.1) is 0 Å². The van der Waals surface area contributed by atoms with Gasteiger partial charge >= 0.3 is 0 Å². The summed E-state index contributed by atoms with van der Waals surface area (Å²) in [5.41, 5.74) is -0.538. The lowest BCUT2D eigenvalue weighted by molar-refractivity contribution is -0.176. The summed E-state index contributed by atoms with van der Waals surface area (Å²) in [5, 5.41) is 0. The minimum atomic E-state index is -0.381. The molecule has 0 atom stereocenters. The molecular weight excluding hydrogens is 409 g/mol. The van der Waals surface area contributed by atoms with E-state index in [1.54, 1.807) is 0 Å². The molecule has 4 nitrogen and oxygen atoms in total. The molecule has 0 aliphatic rings. The van der Waals surface area contributed by atoms with Gasteiger partial charge in [0.15, 0.2) is 0 Å². The van der Waals surface area contributed by atoms with Crippen molar-refractivity contribution in [2.45, 2.75) is 64.5 Å². The molecule has 25 heavy (non-hydrogen) atoms. The van der Waals surface area contributed by atoms with E-state index >= 15 is 0 Å². The average molecular weight is 447 g/mol. The fourth-order valence-electron chi connectivity index (χ4n) is 2.68. The van der Waals surface area contributed by atoms with Crippen molar-refractivity contribution >= 4 is 50.5 Å². The summed E-state index contributed by atoms with van der Waals surface area (Å²) in [4.78, 5) is 0. The van der Waals surface area contributed by atoms with Gasteiger partial charge in [0.25, 0.3) is 0 Å². The molecule has 0 radical (unpaired) electrons. The van der Waals surface area contributed by atoms with Gasteiger partial charge in [0, 0.05) is 50.8 Å². The van der Waals surface area contributed by atoms with E-state index in [9.17, 15) is 0 Å². The van der Waals surface area contributed by atoms with Gasteiger partial charge in [-0.15, -0.1) is 0 Å². The van der Waals surface area contributed by atoms with E-state index in [1.807, 2.05) is 31.4 Å². The first-order valence-corrected chi connectivity index (χ1v) is 17.6. The molecule has 0 bridgehead atoms. The van der Waals surface area contributed by atoms with Gasteiger partial charge in [0.05, 0.1) is 19.0 Å². The van der Waals surface area contributed by atoms with E-state index < -0.39 is 0 Å². The maximum absolute atomic E-state index is 5.94. The van der Waals surface area contributed by atoms with Crippen molar-refractivity contribution in [2.24, 2.45) is 0 Å². The van der Waals surface area contributed by atoms with E-state index in [0.29, 0.717) is 0 Å². The van der Waals surface area contributed by atoms with Crippen LogP contribution in [-0.2, 0) is 18.9 Å². The zero-order chi connectivity index (χ0) is 19.0. The van der Waals surface area contributed by atoms with Crippen LogP contribution in [0.2, 0.25) is 13.1 Å². The van der Waals surface area contributed by atoms with Crippen molar-refractivity contribution in [1.29, 1.82) is 0 Å². The Kier molecular flexibility index (Phi) is 17.2. The SMILES string of the molecule is CCOC(CCSSSCCC(OCC)(OCC)[SiH2]C)(OCC)[SiH2]C. The predicted molar refractivity (Wildman–Crippen MR) is 123 cm³/mol. The first-order valence-electron chi connectivity index (χ1n) is 9.54. The maximum atomic E-state index is 5.94. The van der Waals surface area contributed by atoms with Crippen LogP contribution in [0.15, 0.2) is 0 Å². The molecule has 0 spiro atoms. The minimum absolute atomic E-state index is 0.269. The van der Waals surface area contributed by atoms with Crippen LogP contribution in [0.4, 0.5) is 0 Å². The molecule has 0 aliphatic carbocycles. The molecule has 0 fully saturated rings. The summed E-state index contributed by atoms with van der Waals surface area (Å²) in [7, 11) is 4.92. The highest BCUT2D eigenvalue weighted by Crippen LogP contribution is 2.37. The Balaban J connectivity index is 4.07. The third kappa shape index (κ3) is 11.0. The number of rotatable bonds is 18. The second kappa shape index (κ2) is 16.3. The van der Waals surface area contributed by atoms with E-state index in [4.69, 9.17) is 18.9 Å². The molecule has 0 rings (SSSR count). The van der Waals surface area contributed by atoms with Gasteiger partial charge in [-0.05, 0) is 37.5 Å². The Morgan fingerprint density at radius 1 is 0.640 bits per heavy atom. The lowest BCUT2D eigenvalue weighted by Crippen LogP contribution is -2.42. The predicted octanol–water partition coefficient (Wildman–Crippen LogP) is 3.68. The van der Waals surface area contributed by atoms with Crippen LogP contribution in [0.25, 0.3) is 0 Å². The zero-order valence-corrected chi connectivity index (χ0v) is 22.2. The lowest BCUT2D eigenvalue weighted by atomic mass is 10.4. The van der Waals surface area contributed by atoms with Crippen molar-refractivity contribution in [2.75, 3.05) is 37.9 Å². The van der Waals surface area contributed by atoms with Crippen LogP contribution in [-0.4, -0.2) is 67.8 Å². The average Bonchev–Trinajstić information content (AvgIpc) is 2.61. The van der Waals surface area contributed by atoms with Crippen molar-refractivity contribution < 1.29 is 18.9 Å². The molecule has 0 N–H and O–H groups in total. The minimum Gasteiger partial charge on any atom is -0.355 e. The standard InChI is InChI=1S/C16H38O4S3Si2/c1-7-17-15(24-5,18-8-2)11-13-21-23-22-14-12-16(25-6,19-9-3)20-10-4/h7-14,24-25H2,1-6H3. The molecule has 0 saturated carbocycles. The van der Waals surface area contributed by atoms with Crippen molar-refractivity contribution in [1.82, 2.24) is 0 Å². The second-order valence-electron chi connectivity index (χ2n) is 5.47. The topological polar surface area (TPSA) is 36.9 Å². The summed E-state index contributed by atoms with van der Waals surface area (Å²) in [6.45, 7) is 15.7. The van der Waals surface area contributed by atoms with Crippen LogP contribution in [0.1, 0.15) is 40.5 Å². The summed E-state index contributed by atoms with van der Waals surface area (Å²) in [6.07, 6.45) is 1.97. The molecule has 152 valence electrons. The highest BCUT2D eigenvalue weighted by atomic mass is 33.5. The highest BCUT2D eigenvalue weighted by molar-refractivity contribution is 9.09. The number of hydrogen-bond acceptors (Lipinski definition) is 7. The molecular formula is C16H38O4S3Si2. The Hall–Kier alpha value is 1.32. The number of ether oxygens (including phenoxy) is 4.